The van der Waals surface area contributed by atoms with E-state index in [1.165, 1.54) is 19.1 Å². The van der Waals surface area contributed by atoms with Gasteiger partial charge in [-0.15, -0.1) is 0 Å². The van der Waals surface area contributed by atoms with Crippen LogP contribution in [0.25, 0.3) is 0 Å². The minimum atomic E-state index is -0.729. The molecule has 0 heterocycles. The second-order valence-corrected chi connectivity index (χ2v) is 3.30. The van der Waals surface area contributed by atoms with Crippen LogP contribution in [0, 0.1) is 0 Å². The Hall–Kier alpha value is -2.10. The molecule has 0 amide bonds. The molecule has 4 nitrogen and oxygen atoms in total. The summed E-state index contributed by atoms with van der Waals surface area (Å²) in [6, 6.07) is 5.97. The first kappa shape index (κ1) is 12.0. The number of hydrogen-bond donors (Lipinski definition) is 1. The van der Waals surface area contributed by atoms with Crippen LogP contribution in [0.3, 0.4) is 0 Å². The third kappa shape index (κ3) is 2.95. The number of ketones is 1. The molecule has 1 rings (SSSR count). The van der Waals surface area contributed by atoms with Crippen LogP contribution < -0.4 is 0 Å². The van der Waals surface area contributed by atoms with Crippen LogP contribution in [0.5, 0.6) is 5.75 Å². The maximum absolute atomic E-state index is 11.4. The molecule has 0 bridgehead atoms. The van der Waals surface area contributed by atoms with Gasteiger partial charge in [0.1, 0.15) is 11.3 Å². The molecule has 0 fully saturated rings. The number of ether oxygens (including phenoxy) is 1. The van der Waals surface area contributed by atoms with Gasteiger partial charge in [0, 0.05) is 0 Å². The lowest BCUT2D eigenvalue weighted by Gasteiger charge is -2.05. The predicted molar refractivity (Wildman–Crippen MR) is 58.2 cm³/mol. The highest BCUT2D eigenvalue weighted by Crippen LogP contribution is 2.16. The molecule has 0 aromatic heterocycles. The van der Waals surface area contributed by atoms with Gasteiger partial charge in [-0.05, 0) is 24.6 Å². The van der Waals surface area contributed by atoms with E-state index in [1.54, 1.807) is 12.1 Å². The number of Topliss-reactive ketones (excluding diaryl/α,β-unsaturated/α-hetero) is 1. The number of hydrogen-bond acceptors (Lipinski definition) is 4. The number of benzene rings is 1. The minimum Gasteiger partial charge on any atom is -0.507 e. The molecular weight excluding hydrogens is 208 g/mol. The first-order valence-electron chi connectivity index (χ1n) is 4.66. The quantitative estimate of drug-likeness (QED) is 0.619. The van der Waals surface area contributed by atoms with Gasteiger partial charge in [0.15, 0.2) is 12.4 Å². The van der Waals surface area contributed by atoms with Crippen LogP contribution in [-0.4, -0.2) is 23.5 Å². The van der Waals surface area contributed by atoms with Crippen molar-refractivity contribution in [2.45, 2.75) is 6.92 Å². The number of phenols is 1. The van der Waals surface area contributed by atoms with Crippen molar-refractivity contribution in [1.29, 1.82) is 0 Å². The van der Waals surface area contributed by atoms with E-state index in [1.807, 2.05) is 0 Å². The number of aromatic hydroxyl groups is 1. The second kappa shape index (κ2) is 5.11. The first-order valence-corrected chi connectivity index (χ1v) is 4.66. The Morgan fingerprint density at radius 1 is 1.38 bits per heavy atom. The van der Waals surface area contributed by atoms with Gasteiger partial charge in [-0.2, -0.15) is 0 Å². The summed E-state index contributed by atoms with van der Waals surface area (Å²) in [7, 11) is 0. The Balaban J connectivity index is 2.64. The molecular formula is C12H12O4. The second-order valence-electron chi connectivity index (χ2n) is 3.30. The van der Waals surface area contributed by atoms with Crippen LogP contribution in [-0.2, 0) is 9.53 Å². The maximum atomic E-state index is 11.4. The van der Waals surface area contributed by atoms with Crippen molar-refractivity contribution < 1.29 is 19.4 Å². The fourth-order valence-corrected chi connectivity index (χ4v) is 0.978. The number of rotatable bonds is 4. The van der Waals surface area contributed by atoms with Gasteiger partial charge in [0.2, 0.25) is 0 Å². The molecule has 16 heavy (non-hydrogen) atoms. The fraction of sp³-hybridized carbons (Fsp3) is 0.167. The van der Waals surface area contributed by atoms with Crippen molar-refractivity contribution >= 4 is 11.8 Å². The van der Waals surface area contributed by atoms with E-state index in [0.29, 0.717) is 5.57 Å². The van der Waals surface area contributed by atoms with E-state index < -0.39 is 5.97 Å². The average Bonchev–Trinajstić information content (AvgIpc) is 2.25. The lowest BCUT2D eigenvalue weighted by Crippen LogP contribution is -2.14. The summed E-state index contributed by atoms with van der Waals surface area (Å²) < 4.78 is 4.72. The summed E-state index contributed by atoms with van der Waals surface area (Å²) in [6.45, 7) is 4.61. The zero-order valence-corrected chi connectivity index (χ0v) is 8.90. The van der Waals surface area contributed by atoms with Crippen molar-refractivity contribution in [3.8, 4) is 5.75 Å². The SMILES string of the molecule is C=C(C)C(=O)COC(=O)c1ccccc1O. The molecule has 4 heteroatoms. The third-order valence-electron chi connectivity index (χ3n) is 1.93. The van der Waals surface area contributed by atoms with Crippen LogP contribution in [0.15, 0.2) is 36.4 Å². The van der Waals surface area contributed by atoms with Crippen LogP contribution in [0.2, 0.25) is 0 Å². The highest BCUT2D eigenvalue weighted by atomic mass is 16.5. The summed E-state index contributed by atoms with van der Waals surface area (Å²) in [4.78, 5) is 22.6. The summed E-state index contributed by atoms with van der Waals surface area (Å²) >= 11 is 0. The Bertz CT molecular complexity index is 434. The van der Waals surface area contributed by atoms with Crippen molar-refractivity contribution in [2.75, 3.05) is 6.61 Å². The Morgan fingerprint density at radius 3 is 2.56 bits per heavy atom. The van der Waals surface area contributed by atoms with E-state index in [-0.39, 0.29) is 23.7 Å². The molecule has 0 atom stereocenters. The molecule has 0 saturated carbocycles. The van der Waals surface area contributed by atoms with E-state index in [4.69, 9.17) is 4.74 Å². The maximum Gasteiger partial charge on any atom is 0.342 e. The van der Waals surface area contributed by atoms with E-state index in [2.05, 4.69) is 6.58 Å². The molecule has 84 valence electrons. The largest absolute Gasteiger partial charge is 0.507 e. The van der Waals surface area contributed by atoms with Gasteiger partial charge in [0.25, 0.3) is 0 Å². The minimum absolute atomic E-state index is 0.0389. The van der Waals surface area contributed by atoms with Crippen molar-refractivity contribution in [3.63, 3.8) is 0 Å². The average molecular weight is 220 g/mol. The highest BCUT2D eigenvalue weighted by Gasteiger charge is 2.13. The molecule has 0 spiro atoms. The van der Waals surface area contributed by atoms with Gasteiger partial charge < -0.3 is 9.84 Å². The molecule has 0 aliphatic rings. The normalized spacial score (nSPS) is 9.56. The molecule has 1 aromatic rings. The molecule has 0 aliphatic heterocycles. The van der Waals surface area contributed by atoms with Crippen molar-refractivity contribution in [1.82, 2.24) is 0 Å². The summed E-state index contributed by atoms with van der Waals surface area (Å²) in [5.41, 5.74) is 0.363. The van der Waals surface area contributed by atoms with E-state index in [0.717, 1.165) is 0 Å². The standard InChI is InChI=1S/C12H12O4/c1-8(2)11(14)7-16-12(15)9-5-3-4-6-10(9)13/h3-6,13H,1,7H2,2H3. The fourth-order valence-electron chi connectivity index (χ4n) is 0.978. The molecule has 1 N–H and O–H groups in total. The third-order valence-corrected chi connectivity index (χ3v) is 1.93. The van der Waals surface area contributed by atoms with Crippen LogP contribution in [0.4, 0.5) is 0 Å². The predicted octanol–water partition coefficient (Wildman–Crippen LogP) is 1.69. The van der Waals surface area contributed by atoms with Gasteiger partial charge in [-0.1, -0.05) is 18.7 Å². The first-order chi connectivity index (χ1) is 7.52. The smallest absolute Gasteiger partial charge is 0.342 e. The van der Waals surface area contributed by atoms with Gasteiger partial charge in [-0.3, -0.25) is 4.79 Å². The molecule has 0 saturated heterocycles. The molecule has 0 radical (unpaired) electrons. The number of phenolic OH excluding ortho intramolecular Hbond substituents is 1. The molecule has 0 aliphatic carbocycles. The zero-order chi connectivity index (χ0) is 12.1. The highest BCUT2D eigenvalue weighted by molar-refractivity contribution is 5.98. The van der Waals surface area contributed by atoms with Gasteiger partial charge >= 0.3 is 5.97 Å². The zero-order valence-electron chi connectivity index (χ0n) is 8.90. The number of esters is 1. The topological polar surface area (TPSA) is 63.6 Å². The Morgan fingerprint density at radius 2 is 2.00 bits per heavy atom. The lowest BCUT2D eigenvalue weighted by atomic mass is 10.2. The van der Waals surface area contributed by atoms with Crippen molar-refractivity contribution in [2.24, 2.45) is 0 Å². The Kier molecular flexibility index (Phi) is 3.83. The molecule has 1 aromatic carbocycles. The summed E-state index contributed by atoms with van der Waals surface area (Å²) in [5, 5.41) is 9.35. The van der Waals surface area contributed by atoms with Crippen molar-refractivity contribution in [3.05, 3.63) is 42.0 Å². The number of carbonyl (C=O) groups excluding carboxylic acids is 2. The number of para-hydroxylation sites is 1. The van der Waals surface area contributed by atoms with E-state index in [9.17, 15) is 14.7 Å². The summed E-state index contributed by atoms with van der Waals surface area (Å²) in [6.07, 6.45) is 0. The molecule has 0 unspecified atom stereocenters. The van der Waals surface area contributed by atoms with Gasteiger partial charge in [-0.25, -0.2) is 4.79 Å². The van der Waals surface area contributed by atoms with Crippen LogP contribution >= 0.6 is 0 Å². The van der Waals surface area contributed by atoms with E-state index >= 15 is 0 Å². The Labute approximate surface area is 93.2 Å². The van der Waals surface area contributed by atoms with Gasteiger partial charge in [0.05, 0.1) is 0 Å². The lowest BCUT2D eigenvalue weighted by molar-refractivity contribution is -0.118. The van der Waals surface area contributed by atoms with Crippen LogP contribution in [0.1, 0.15) is 17.3 Å². The monoisotopic (exact) mass is 220 g/mol. The number of carbonyl (C=O) groups is 2. The summed E-state index contributed by atoms with van der Waals surface area (Å²) in [5.74, 6) is -1.24.